The van der Waals surface area contributed by atoms with Crippen LogP contribution in [0.2, 0.25) is 0 Å². The Labute approximate surface area is 106 Å². The van der Waals surface area contributed by atoms with Crippen LogP contribution in [-0.2, 0) is 9.53 Å². The first-order chi connectivity index (χ1) is 7.77. The summed E-state index contributed by atoms with van der Waals surface area (Å²) in [7, 11) is 0. The van der Waals surface area contributed by atoms with Gasteiger partial charge >= 0.3 is 5.97 Å². The average Bonchev–Trinajstić information content (AvgIpc) is 3.11. The van der Waals surface area contributed by atoms with Crippen LogP contribution in [0.4, 0.5) is 0 Å². The van der Waals surface area contributed by atoms with Gasteiger partial charge in [-0.15, -0.1) is 23.5 Å². The predicted molar refractivity (Wildman–Crippen MR) is 70.8 cm³/mol. The van der Waals surface area contributed by atoms with E-state index < -0.39 is 0 Å². The van der Waals surface area contributed by atoms with Crippen molar-refractivity contribution in [2.24, 2.45) is 5.92 Å². The smallest absolute Gasteiger partial charge is 0.332 e. The van der Waals surface area contributed by atoms with Crippen molar-refractivity contribution in [3.63, 3.8) is 0 Å². The van der Waals surface area contributed by atoms with Gasteiger partial charge in [0.1, 0.15) is 6.61 Å². The molecule has 1 aliphatic carbocycles. The molecule has 1 saturated carbocycles. The molecular weight excluding hydrogens is 240 g/mol. The van der Waals surface area contributed by atoms with Gasteiger partial charge in [-0.1, -0.05) is 25.5 Å². The second-order valence-corrected chi connectivity index (χ2v) is 7.38. The Balaban J connectivity index is 1.98. The van der Waals surface area contributed by atoms with Crippen LogP contribution in [0.3, 0.4) is 0 Å². The van der Waals surface area contributed by atoms with Crippen LogP contribution in [0.1, 0.15) is 25.7 Å². The van der Waals surface area contributed by atoms with E-state index in [9.17, 15) is 4.79 Å². The first kappa shape index (κ1) is 12.4. The van der Waals surface area contributed by atoms with E-state index in [1.165, 1.54) is 19.3 Å². The zero-order chi connectivity index (χ0) is 11.4. The first-order valence-corrected chi connectivity index (χ1v) is 7.80. The Hall–Kier alpha value is -0.0900. The molecule has 0 aromatic rings. The van der Waals surface area contributed by atoms with Gasteiger partial charge in [0.25, 0.3) is 0 Å². The monoisotopic (exact) mass is 258 g/mol. The molecule has 0 aromatic heterocycles. The van der Waals surface area contributed by atoms with Crippen molar-refractivity contribution in [2.45, 2.75) is 29.8 Å². The van der Waals surface area contributed by atoms with Gasteiger partial charge in [0.05, 0.1) is 0 Å². The number of ether oxygens (including phenoxy) is 1. The zero-order valence-corrected chi connectivity index (χ0v) is 11.1. The van der Waals surface area contributed by atoms with Gasteiger partial charge in [-0.05, 0) is 30.3 Å². The molecule has 0 aromatic carbocycles. The highest BCUT2D eigenvalue weighted by molar-refractivity contribution is 8.19. The van der Waals surface area contributed by atoms with Crippen LogP contribution in [0, 0.1) is 5.92 Å². The van der Waals surface area contributed by atoms with Crippen molar-refractivity contribution in [3.05, 3.63) is 12.7 Å². The third kappa shape index (κ3) is 2.98. The minimum Gasteiger partial charge on any atom is -0.460 e. The molecule has 0 bridgehead atoms. The molecule has 2 aliphatic rings. The molecule has 2 nitrogen and oxygen atoms in total. The van der Waals surface area contributed by atoms with Crippen LogP contribution >= 0.6 is 23.5 Å². The van der Waals surface area contributed by atoms with E-state index in [0.717, 1.165) is 23.8 Å². The number of carbonyl (C=O) groups is 1. The topological polar surface area (TPSA) is 26.3 Å². The third-order valence-electron chi connectivity index (χ3n) is 2.86. The van der Waals surface area contributed by atoms with Crippen LogP contribution in [0.25, 0.3) is 0 Å². The van der Waals surface area contributed by atoms with Gasteiger partial charge in [-0.3, -0.25) is 0 Å². The lowest BCUT2D eigenvalue weighted by Crippen LogP contribution is -2.37. The first-order valence-electron chi connectivity index (χ1n) is 5.83. The fourth-order valence-corrected chi connectivity index (χ4v) is 5.15. The molecular formula is C12H18O2S2. The van der Waals surface area contributed by atoms with E-state index in [-0.39, 0.29) is 10.0 Å². The third-order valence-corrected chi connectivity index (χ3v) is 6.15. The fourth-order valence-electron chi connectivity index (χ4n) is 1.84. The summed E-state index contributed by atoms with van der Waals surface area (Å²) in [5.74, 6) is 2.90. The Morgan fingerprint density at radius 2 is 2.12 bits per heavy atom. The SMILES string of the molecule is C=CCOC(=O)C1(CC2CC2)SCCCS1. The van der Waals surface area contributed by atoms with Crippen molar-refractivity contribution in [2.75, 3.05) is 18.1 Å². The number of esters is 1. The second kappa shape index (κ2) is 5.50. The van der Waals surface area contributed by atoms with Crippen LogP contribution in [0.5, 0.6) is 0 Å². The van der Waals surface area contributed by atoms with Crippen LogP contribution < -0.4 is 0 Å². The molecule has 2 rings (SSSR count). The summed E-state index contributed by atoms with van der Waals surface area (Å²) in [5.41, 5.74) is 0. The summed E-state index contributed by atoms with van der Waals surface area (Å²) >= 11 is 3.58. The standard InChI is InChI=1S/C12H18O2S2/c1-2-6-14-11(13)12(9-10-4-5-10)15-7-3-8-16-12/h2,10H,1,3-9H2. The normalized spacial score (nSPS) is 23.8. The molecule has 2 fully saturated rings. The van der Waals surface area contributed by atoms with E-state index in [4.69, 9.17) is 4.74 Å². The minimum absolute atomic E-state index is 0.0333. The highest BCUT2D eigenvalue weighted by atomic mass is 32.2. The molecule has 0 spiro atoms. The minimum atomic E-state index is -0.303. The van der Waals surface area contributed by atoms with E-state index in [1.807, 2.05) is 0 Å². The van der Waals surface area contributed by atoms with Crippen LogP contribution in [-0.4, -0.2) is 28.2 Å². The molecule has 1 heterocycles. The molecule has 4 heteroatoms. The maximum atomic E-state index is 12.1. The number of rotatable bonds is 5. The quantitative estimate of drug-likeness (QED) is 0.559. The van der Waals surface area contributed by atoms with Gasteiger partial charge in [-0.2, -0.15) is 0 Å². The summed E-state index contributed by atoms with van der Waals surface area (Å²) in [6, 6.07) is 0. The van der Waals surface area contributed by atoms with Gasteiger partial charge in [0.2, 0.25) is 0 Å². The lowest BCUT2D eigenvalue weighted by molar-refractivity contribution is -0.142. The highest BCUT2D eigenvalue weighted by Gasteiger charge is 2.46. The van der Waals surface area contributed by atoms with Gasteiger partial charge in [0.15, 0.2) is 4.08 Å². The Morgan fingerprint density at radius 3 is 2.69 bits per heavy atom. The average molecular weight is 258 g/mol. The number of thioether (sulfide) groups is 2. The molecule has 1 aliphatic heterocycles. The van der Waals surface area contributed by atoms with E-state index >= 15 is 0 Å². The largest absolute Gasteiger partial charge is 0.460 e. The van der Waals surface area contributed by atoms with Gasteiger partial charge in [-0.25, -0.2) is 4.79 Å². The summed E-state index contributed by atoms with van der Waals surface area (Å²) in [6.45, 7) is 3.92. The van der Waals surface area contributed by atoms with Crippen molar-refractivity contribution < 1.29 is 9.53 Å². The van der Waals surface area contributed by atoms with E-state index in [2.05, 4.69) is 6.58 Å². The Bertz CT molecular complexity index is 268. The molecule has 90 valence electrons. The summed E-state index contributed by atoms with van der Waals surface area (Å²) in [6.07, 6.45) is 6.42. The van der Waals surface area contributed by atoms with Crippen molar-refractivity contribution in [1.82, 2.24) is 0 Å². The molecule has 0 N–H and O–H groups in total. The molecule has 0 amide bonds. The summed E-state index contributed by atoms with van der Waals surface area (Å²) in [4.78, 5) is 12.1. The van der Waals surface area contributed by atoms with Crippen LogP contribution in [0.15, 0.2) is 12.7 Å². The maximum absolute atomic E-state index is 12.1. The van der Waals surface area contributed by atoms with E-state index in [1.54, 1.807) is 29.6 Å². The lowest BCUT2D eigenvalue weighted by atomic mass is 10.2. The maximum Gasteiger partial charge on any atom is 0.332 e. The highest BCUT2D eigenvalue weighted by Crippen LogP contribution is 2.51. The number of hydrogen-bond donors (Lipinski definition) is 0. The summed E-state index contributed by atoms with van der Waals surface area (Å²) in [5, 5.41) is 0. The predicted octanol–water partition coefficient (Wildman–Crippen LogP) is 3.08. The fraction of sp³-hybridized carbons (Fsp3) is 0.750. The van der Waals surface area contributed by atoms with Gasteiger partial charge in [0, 0.05) is 0 Å². The number of hydrogen-bond acceptors (Lipinski definition) is 4. The van der Waals surface area contributed by atoms with Gasteiger partial charge < -0.3 is 4.74 Å². The zero-order valence-electron chi connectivity index (χ0n) is 9.44. The lowest BCUT2D eigenvalue weighted by Gasteiger charge is -2.33. The van der Waals surface area contributed by atoms with E-state index in [0.29, 0.717) is 6.61 Å². The Morgan fingerprint density at radius 1 is 1.44 bits per heavy atom. The number of carbonyl (C=O) groups excluding carboxylic acids is 1. The second-order valence-electron chi connectivity index (χ2n) is 4.34. The van der Waals surface area contributed by atoms with Crippen molar-refractivity contribution in [3.8, 4) is 0 Å². The molecule has 0 atom stereocenters. The molecule has 0 unspecified atom stereocenters. The van der Waals surface area contributed by atoms with Crippen molar-refractivity contribution >= 4 is 29.5 Å². The van der Waals surface area contributed by atoms with Crippen molar-refractivity contribution in [1.29, 1.82) is 0 Å². The summed E-state index contributed by atoms with van der Waals surface area (Å²) < 4.78 is 4.96. The molecule has 0 radical (unpaired) electrons. The molecule has 1 saturated heterocycles. The molecule has 16 heavy (non-hydrogen) atoms. The Kier molecular flexibility index (Phi) is 4.25.